The SMILES string of the molecule is Cc1ccc(C(=O)Nc2cccc(C(=O)NCc3ccccc3)c2)c(O)c1. The number of carbonyl (C=O) groups excluding carboxylic acids is 2. The molecule has 5 nitrogen and oxygen atoms in total. The topological polar surface area (TPSA) is 78.4 Å². The summed E-state index contributed by atoms with van der Waals surface area (Å²) in [5.74, 6) is -0.744. The Morgan fingerprint density at radius 3 is 2.41 bits per heavy atom. The summed E-state index contributed by atoms with van der Waals surface area (Å²) in [6.45, 7) is 2.26. The van der Waals surface area contributed by atoms with Gasteiger partial charge in [-0.25, -0.2) is 0 Å². The Kier molecular flexibility index (Phi) is 5.52. The third kappa shape index (κ3) is 4.73. The maximum Gasteiger partial charge on any atom is 0.259 e. The summed E-state index contributed by atoms with van der Waals surface area (Å²) >= 11 is 0. The number of rotatable bonds is 5. The lowest BCUT2D eigenvalue weighted by Gasteiger charge is -2.10. The predicted molar refractivity (Wildman–Crippen MR) is 105 cm³/mol. The van der Waals surface area contributed by atoms with Gasteiger partial charge in [0.2, 0.25) is 0 Å². The second kappa shape index (κ2) is 8.19. The van der Waals surface area contributed by atoms with Crippen LogP contribution in [0.3, 0.4) is 0 Å². The van der Waals surface area contributed by atoms with E-state index in [9.17, 15) is 14.7 Å². The van der Waals surface area contributed by atoms with Crippen molar-refractivity contribution < 1.29 is 14.7 Å². The van der Waals surface area contributed by atoms with Crippen LogP contribution in [0.25, 0.3) is 0 Å². The zero-order chi connectivity index (χ0) is 19.2. The van der Waals surface area contributed by atoms with Crippen molar-refractivity contribution in [3.8, 4) is 5.75 Å². The van der Waals surface area contributed by atoms with Gasteiger partial charge in [-0.1, -0.05) is 42.5 Å². The first-order valence-corrected chi connectivity index (χ1v) is 8.56. The molecule has 0 aliphatic rings. The highest BCUT2D eigenvalue weighted by Crippen LogP contribution is 2.20. The van der Waals surface area contributed by atoms with Crippen molar-refractivity contribution >= 4 is 17.5 Å². The zero-order valence-electron chi connectivity index (χ0n) is 14.9. The van der Waals surface area contributed by atoms with Crippen LogP contribution in [0.2, 0.25) is 0 Å². The van der Waals surface area contributed by atoms with Crippen LogP contribution >= 0.6 is 0 Å². The number of aromatic hydroxyl groups is 1. The lowest BCUT2D eigenvalue weighted by Crippen LogP contribution is -2.23. The molecule has 0 radical (unpaired) electrons. The Bertz CT molecular complexity index is 968. The number of amides is 2. The second-order valence-corrected chi connectivity index (χ2v) is 6.22. The van der Waals surface area contributed by atoms with Crippen molar-refractivity contribution in [3.63, 3.8) is 0 Å². The molecule has 0 atom stereocenters. The van der Waals surface area contributed by atoms with Crippen LogP contribution in [0.1, 0.15) is 31.8 Å². The van der Waals surface area contributed by atoms with Gasteiger partial charge in [0, 0.05) is 17.8 Å². The van der Waals surface area contributed by atoms with Crippen LogP contribution in [-0.4, -0.2) is 16.9 Å². The predicted octanol–water partition coefficient (Wildman–Crippen LogP) is 3.88. The molecule has 0 spiro atoms. The number of anilines is 1. The van der Waals surface area contributed by atoms with E-state index in [2.05, 4.69) is 10.6 Å². The molecule has 5 heteroatoms. The first kappa shape index (κ1) is 18.2. The minimum absolute atomic E-state index is 0.0794. The highest BCUT2D eigenvalue weighted by molar-refractivity contribution is 6.06. The molecule has 0 heterocycles. The van der Waals surface area contributed by atoms with Gasteiger partial charge in [-0.2, -0.15) is 0 Å². The minimum Gasteiger partial charge on any atom is -0.507 e. The van der Waals surface area contributed by atoms with Gasteiger partial charge in [-0.05, 0) is 48.4 Å². The first-order chi connectivity index (χ1) is 13.0. The molecule has 3 aromatic carbocycles. The molecule has 0 aliphatic carbocycles. The van der Waals surface area contributed by atoms with Gasteiger partial charge in [-0.15, -0.1) is 0 Å². The van der Waals surface area contributed by atoms with Crippen molar-refractivity contribution in [2.24, 2.45) is 0 Å². The van der Waals surface area contributed by atoms with E-state index in [1.165, 1.54) is 6.07 Å². The van der Waals surface area contributed by atoms with Gasteiger partial charge in [0.15, 0.2) is 0 Å². The fourth-order valence-electron chi connectivity index (χ4n) is 2.65. The van der Waals surface area contributed by atoms with Crippen LogP contribution in [0.4, 0.5) is 5.69 Å². The third-order valence-corrected chi connectivity index (χ3v) is 4.08. The molecule has 2 amide bonds. The summed E-state index contributed by atoms with van der Waals surface area (Å²) in [6.07, 6.45) is 0. The number of nitrogens with one attached hydrogen (secondary N) is 2. The number of carbonyl (C=O) groups is 2. The maximum atomic E-state index is 12.4. The molecular weight excluding hydrogens is 340 g/mol. The van der Waals surface area contributed by atoms with E-state index in [0.717, 1.165) is 11.1 Å². The molecule has 0 aromatic heterocycles. The number of benzene rings is 3. The number of phenols is 1. The third-order valence-electron chi connectivity index (χ3n) is 4.08. The second-order valence-electron chi connectivity index (χ2n) is 6.22. The van der Waals surface area contributed by atoms with Crippen molar-refractivity contribution in [1.29, 1.82) is 0 Å². The van der Waals surface area contributed by atoms with Gasteiger partial charge in [0.05, 0.1) is 5.56 Å². The molecule has 0 saturated carbocycles. The van der Waals surface area contributed by atoms with Crippen molar-refractivity contribution in [2.45, 2.75) is 13.5 Å². The molecular formula is C22H20N2O3. The molecule has 0 bridgehead atoms. The van der Waals surface area contributed by atoms with Crippen molar-refractivity contribution in [3.05, 3.63) is 95.1 Å². The standard InChI is InChI=1S/C22H20N2O3/c1-15-10-11-19(20(25)12-15)22(27)24-18-9-5-8-17(13-18)21(26)23-14-16-6-3-2-4-7-16/h2-13,25H,14H2,1H3,(H,23,26)(H,24,27). The lowest BCUT2D eigenvalue weighted by molar-refractivity contribution is 0.0949. The first-order valence-electron chi connectivity index (χ1n) is 8.56. The summed E-state index contributed by atoms with van der Waals surface area (Å²) < 4.78 is 0. The molecule has 27 heavy (non-hydrogen) atoms. The van der Waals surface area contributed by atoms with Crippen LogP contribution in [-0.2, 0) is 6.54 Å². The monoisotopic (exact) mass is 360 g/mol. The molecule has 0 aliphatic heterocycles. The zero-order valence-corrected chi connectivity index (χ0v) is 14.9. The Balaban J connectivity index is 1.67. The van der Waals surface area contributed by atoms with Gasteiger partial charge in [-0.3, -0.25) is 9.59 Å². The molecule has 0 unspecified atom stereocenters. The van der Waals surface area contributed by atoms with E-state index in [1.54, 1.807) is 36.4 Å². The van der Waals surface area contributed by atoms with Crippen LogP contribution < -0.4 is 10.6 Å². The number of hydrogen-bond acceptors (Lipinski definition) is 3. The average Bonchev–Trinajstić information content (AvgIpc) is 2.67. The van der Waals surface area contributed by atoms with Gasteiger partial charge < -0.3 is 15.7 Å². The number of hydrogen-bond donors (Lipinski definition) is 3. The van der Waals surface area contributed by atoms with E-state index in [-0.39, 0.29) is 17.2 Å². The molecule has 3 aromatic rings. The maximum absolute atomic E-state index is 12.4. The number of phenolic OH excluding ortho intramolecular Hbond substituents is 1. The largest absolute Gasteiger partial charge is 0.507 e. The normalized spacial score (nSPS) is 10.3. The fourth-order valence-corrected chi connectivity index (χ4v) is 2.65. The van der Waals surface area contributed by atoms with Crippen LogP contribution in [0.15, 0.2) is 72.8 Å². The quantitative estimate of drug-likeness (QED) is 0.646. The van der Waals surface area contributed by atoms with Crippen molar-refractivity contribution in [2.75, 3.05) is 5.32 Å². The smallest absolute Gasteiger partial charge is 0.259 e. The molecule has 0 fully saturated rings. The Morgan fingerprint density at radius 1 is 0.889 bits per heavy atom. The number of aryl methyl sites for hydroxylation is 1. The summed E-state index contributed by atoms with van der Waals surface area (Å²) in [4.78, 5) is 24.7. The highest BCUT2D eigenvalue weighted by Gasteiger charge is 2.12. The Hall–Kier alpha value is -3.60. The molecule has 3 N–H and O–H groups in total. The summed E-state index contributed by atoms with van der Waals surface area (Å²) in [5.41, 5.74) is 2.97. The summed E-state index contributed by atoms with van der Waals surface area (Å²) in [5, 5.41) is 15.5. The van der Waals surface area contributed by atoms with Crippen LogP contribution in [0.5, 0.6) is 5.75 Å². The van der Waals surface area contributed by atoms with E-state index >= 15 is 0 Å². The van der Waals surface area contributed by atoms with E-state index in [1.807, 2.05) is 37.3 Å². The summed E-state index contributed by atoms with van der Waals surface area (Å²) in [7, 11) is 0. The van der Waals surface area contributed by atoms with Crippen molar-refractivity contribution in [1.82, 2.24) is 5.32 Å². The van der Waals surface area contributed by atoms with Gasteiger partial charge >= 0.3 is 0 Å². The van der Waals surface area contributed by atoms with E-state index in [4.69, 9.17) is 0 Å². The Morgan fingerprint density at radius 2 is 1.67 bits per heavy atom. The molecule has 136 valence electrons. The molecule has 0 saturated heterocycles. The average molecular weight is 360 g/mol. The van der Waals surface area contributed by atoms with E-state index in [0.29, 0.717) is 17.8 Å². The van der Waals surface area contributed by atoms with Crippen LogP contribution in [0, 0.1) is 6.92 Å². The minimum atomic E-state index is -0.436. The molecule has 3 rings (SSSR count). The Labute approximate surface area is 157 Å². The summed E-state index contributed by atoms with van der Waals surface area (Å²) in [6, 6.07) is 21.1. The fraction of sp³-hybridized carbons (Fsp3) is 0.0909. The van der Waals surface area contributed by atoms with Gasteiger partial charge in [0.1, 0.15) is 5.75 Å². The van der Waals surface area contributed by atoms with Gasteiger partial charge in [0.25, 0.3) is 11.8 Å². The highest BCUT2D eigenvalue weighted by atomic mass is 16.3. The van der Waals surface area contributed by atoms with E-state index < -0.39 is 5.91 Å². The lowest BCUT2D eigenvalue weighted by atomic mass is 10.1.